The molecular formula is C22H32N4O2. The topological polar surface area (TPSA) is 67.3 Å². The van der Waals surface area contributed by atoms with E-state index in [2.05, 4.69) is 15.2 Å². The van der Waals surface area contributed by atoms with E-state index in [4.69, 9.17) is 9.72 Å². The summed E-state index contributed by atoms with van der Waals surface area (Å²) in [4.78, 5) is 24.3. The Hall–Kier alpha value is -1.69. The largest absolute Gasteiger partial charge is 0.378 e. The van der Waals surface area contributed by atoms with Gasteiger partial charge in [0.1, 0.15) is 11.6 Å². The summed E-state index contributed by atoms with van der Waals surface area (Å²) in [6, 6.07) is 2.02. The zero-order valence-corrected chi connectivity index (χ0v) is 17.0. The number of nitrogens with zero attached hydrogens (tertiary/aromatic N) is 3. The van der Waals surface area contributed by atoms with Crippen LogP contribution < -0.4 is 10.2 Å². The monoisotopic (exact) mass is 384 g/mol. The van der Waals surface area contributed by atoms with Gasteiger partial charge in [-0.15, -0.1) is 0 Å². The van der Waals surface area contributed by atoms with Gasteiger partial charge in [-0.2, -0.15) is 0 Å². The fourth-order valence-electron chi connectivity index (χ4n) is 6.73. The van der Waals surface area contributed by atoms with Crippen molar-refractivity contribution >= 4 is 11.7 Å². The van der Waals surface area contributed by atoms with Crippen LogP contribution in [-0.2, 0) is 16.1 Å². The van der Waals surface area contributed by atoms with E-state index >= 15 is 0 Å². The van der Waals surface area contributed by atoms with Crippen LogP contribution in [0.15, 0.2) is 6.07 Å². The highest BCUT2D eigenvalue weighted by Crippen LogP contribution is 2.61. The maximum atomic E-state index is 12.8. The summed E-state index contributed by atoms with van der Waals surface area (Å²) in [7, 11) is 0. The van der Waals surface area contributed by atoms with Gasteiger partial charge in [0.15, 0.2) is 0 Å². The summed E-state index contributed by atoms with van der Waals surface area (Å²) in [6.07, 6.45) is 8.77. The van der Waals surface area contributed by atoms with Crippen LogP contribution in [0.25, 0.3) is 0 Å². The Morgan fingerprint density at radius 3 is 2.43 bits per heavy atom. The highest BCUT2D eigenvalue weighted by Gasteiger charge is 2.51. The molecule has 1 aromatic rings. The number of carbonyl (C=O) groups is 1. The molecule has 0 radical (unpaired) electrons. The predicted octanol–water partition coefficient (Wildman–Crippen LogP) is 2.84. The van der Waals surface area contributed by atoms with Gasteiger partial charge in [-0.05, 0) is 68.6 Å². The smallest absolute Gasteiger partial charge is 0.220 e. The summed E-state index contributed by atoms with van der Waals surface area (Å²) >= 11 is 0. The second-order valence-corrected chi connectivity index (χ2v) is 9.75. The number of rotatable bonds is 5. The maximum absolute atomic E-state index is 12.8. The summed E-state index contributed by atoms with van der Waals surface area (Å²) in [5, 5.41) is 3.12. The summed E-state index contributed by atoms with van der Waals surface area (Å²) in [5.41, 5.74) is 1.23. The Bertz CT molecular complexity index is 709. The number of aryl methyl sites for hydroxylation is 1. The lowest BCUT2D eigenvalue weighted by atomic mass is 9.49. The first-order valence-electron chi connectivity index (χ1n) is 11.0. The normalized spacial score (nSPS) is 33.9. The molecule has 1 N–H and O–H groups in total. The van der Waals surface area contributed by atoms with E-state index in [9.17, 15) is 4.79 Å². The molecule has 6 heteroatoms. The minimum absolute atomic E-state index is 0.181. The molecule has 28 heavy (non-hydrogen) atoms. The van der Waals surface area contributed by atoms with E-state index in [1.165, 1.54) is 38.5 Å². The molecule has 5 aliphatic rings. The fourth-order valence-corrected chi connectivity index (χ4v) is 6.73. The molecule has 2 heterocycles. The van der Waals surface area contributed by atoms with Crippen molar-refractivity contribution in [3.8, 4) is 0 Å². The number of nitrogens with one attached hydrogen (secondary N) is 1. The number of morpholine rings is 1. The minimum Gasteiger partial charge on any atom is -0.378 e. The van der Waals surface area contributed by atoms with Crippen LogP contribution in [0.2, 0.25) is 0 Å². The summed E-state index contributed by atoms with van der Waals surface area (Å²) in [5.74, 6) is 4.49. The van der Waals surface area contributed by atoms with Gasteiger partial charge in [0.25, 0.3) is 0 Å². The van der Waals surface area contributed by atoms with Crippen molar-refractivity contribution in [2.24, 2.45) is 23.2 Å². The number of amides is 1. The van der Waals surface area contributed by atoms with E-state index < -0.39 is 0 Å². The van der Waals surface area contributed by atoms with Crippen molar-refractivity contribution in [1.82, 2.24) is 15.3 Å². The van der Waals surface area contributed by atoms with E-state index in [1.54, 1.807) is 0 Å². The zero-order chi connectivity index (χ0) is 19.1. The van der Waals surface area contributed by atoms with Gasteiger partial charge >= 0.3 is 0 Å². The number of ether oxygens (including phenoxy) is 1. The Morgan fingerprint density at radius 1 is 1.14 bits per heavy atom. The molecule has 4 saturated carbocycles. The SMILES string of the molecule is Cc1cc(N2CCOCC2)nc(CNC(=O)CC23CC4CC(CC(C4)C2)C3)n1. The van der Waals surface area contributed by atoms with Crippen molar-refractivity contribution in [3.05, 3.63) is 17.6 Å². The quantitative estimate of drug-likeness (QED) is 0.846. The molecular weight excluding hydrogens is 352 g/mol. The van der Waals surface area contributed by atoms with Gasteiger partial charge in [0.2, 0.25) is 5.91 Å². The zero-order valence-electron chi connectivity index (χ0n) is 17.0. The van der Waals surface area contributed by atoms with Crippen molar-refractivity contribution in [2.75, 3.05) is 31.2 Å². The van der Waals surface area contributed by atoms with Gasteiger partial charge in [-0.3, -0.25) is 4.79 Å². The molecule has 6 rings (SSSR count). The Labute approximate surface area is 167 Å². The second-order valence-electron chi connectivity index (χ2n) is 9.75. The number of aromatic nitrogens is 2. The van der Waals surface area contributed by atoms with Crippen LogP contribution in [0, 0.1) is 30.1 Å². The summed E-state index contributed by atoms with van der Waals surface area (Å²) in [6.45, 7) is 5.60. The first kappa shape index (κ1) is 18.3. The third-order valence-corrected chi connectivity index (χ3v) is 7.37. The molecule has 5 fully saturated rings. The van der Waals surface area contributed by atoms with E-state index in [1.807, 2.05) is 13.0 Å². The molecule has 0 atom stereocenters. The molecule has 0 spiro atoms. The number of hydrogen-bond acceptors (Lipinski definition) is 5. The Balaban J connectivity index is 1.20. The molecule has 152 valence electrons. The highest BCUT2D eigenvalue weighted by molar-refractivity contribution is 5.76. The van der Waals surface area contributed by atoms with Crippen molar-refractivity contribution in [1.29, 1.82) is 0 Å². The maximum Gasteiger partial charge on any atom is 0.220 e. The van der Waals surface area contributed by atoms with Crippen molar-refractivity contribution < 1.29 is 9.53 Å². The molecule has 4 aliphatic carbocycles. The van der Waals surface area contributed by atoms with Gasteiger partial charge in [-0.25, -0.2) is 9.97 Å². The molecule has 0 unspecified atom stereocenters. The highest BCUT2D eigenvalue weighted by atomic mass is 16.5. The van der Waals surface area contributed by atoms with Gasteiger partial charge in [-0.1, -0.05) is 0 Å². The lowest BCUT2D eigenvalue weighted by Gasteiger charge is -2.56. The average molecular weight is 385 g/mol. The lowest BCUT2D eigenvalue weighted by Crippen LogP contribution is -2.48. The molecule has 1 aromatic heterocycles. The van der Waals surface area contributed by atoms with Crippen LogP contribution in [0.4, 0.5) is 5.82 Å². The first-order chi connectivity index (χ1) is 13.6. The molecule has 1 aliphatic heterocycles. The van der Waals surface area contributed by atoms with Crippen LogP contribution in [0.5, 0.6) is 0 Å². The summed E-state index contributed by atoms with van der Waals surface area (Å²) < 4.78 is 5.43. The van der Waals surface area contributed by atoms with Crippen LogP contribution in [0.3, 0.4) is 0 Å². The third-order valence-electron chi connectivity index (χ3n) is 7.37. The predicted molar refractivity (Wildman–Crippen MR) is 107 cm³/mol. The van der Waals surface area contributed by atoms with E-state index in [0.29, 0.717) is 18.8 Å². The second kappa shape index (κ2) is 7.29. The minimum atomic E-state index is 0.181. The Morgan fingerprint density at radius 2 is 1.79 bits per heavy atom. The van der Waals surface area contributed by atoms with Crippen LogP contribution >= 0.6 is 0 Å². The van der Waals surface area contributed by atoms with Gasteiger partial charge < -0.3 is 15.0 Å². The third kappa shape index (κ3) is 3.76. The van der Waals surface area contributed by atoms with Crippen LogP contribution in [0.1, 0.15) is 56.5 Å². The molecule has 6 nitrogen and oxygen atoms in total. The molecule has 0 aromatic carbocycles. The number of carbonyl (C=O) groups excluding carboxylic acids is 1. The van der Waals surface area contributed by atoms with Crippen molar-refractivity contribution in [2.45, 2.75) is 58.4 Å². The fraction of sp³-hybridized carbons (Fsp3) is 0.773. The van der Waals surface area contributed by atoms with Gasteiger partial charge in [0.05, 0.1) is 19.8 Å². The van der Waals surface area contributed by atoms with Crippen molar-refractivity contribution in [3.63, 3.8) is 0 Å². The molecule has 1 saturated heterocycles. The van der Waals surface area contributed by atoms with E-state index in [0.717, 1.165) is 55.6 Å². The lowest BCUT2D eigenvalue weighted by molar-refractivity contribution is -0.129. The average Bonchev–Trinajstić information content (AvgIpc) is 2.65. The Kier molecular flexibility index (Phi) is 4.77. The van der Waals surface area contributed by atoms with E-state index in [-0.39, 0.29) is 11.3 Å². The molecule has 1 amide bonds. The number of hydrogen-bond donors (Lipinski definition) is 1. The van der Waals surface area contributed by atoms with Gasteiger partial charge in [0, 0.05) is 31.3 Å². The van der Waals surface area contributed by atoms with Crippen LogP contribution in [-0.4, -0.2) is 42.2 Å². The molecule has 4 bridgehead atoms. The number of anilines is 1. The first-order valence-corrected chi connectivity index (χ1v) is 11.0. The standard InChI is InChI=1S/C22H32N4O2/c1-15-6-20(26-2-4-28-5-3-26)25-19(24-15)14-23-21(27)13-22-10-16-7-17(11-22)9-18(8-16)12-22/h6,16-18H,2-5,7-14H2,1H3,(H,23,27).